The number of hydrogen-bond donors (Lipinski definition) is 1. The highest BCUT2D eigenvalue weighted by Gasteiger charge is 2.51. The highest BCUT2D eigenvalue weighted by Crippen LogP contribution is 2.51. The summed E-state index contributed by atoms with van der Waals surface area (Å²) in [5.41, 5.74) is 0.542. The maximum Gasteiger partial charge on any atom is 0.328 e. The molecule has 3 fully saturated rings. The zero-order valence-corrected chi connectivity index (χ0v) is 15.7. The summed E-state index contributed by atoms with van der Waals surface area (Å²) in [4.78, 5) is 10.6. The molecule has 2 bridgehead atoms. The van der Waals surface area contributed by atoms with Crippen LogP contribution in [-0.4, -0.2) is 29.9 Å². The second-order valence-electron chi connectivity index (χ2n) is 7.46. The molecule has 0 atom stereocenters. The van der Waals surface area contributed by atoms with E-state index >= 15 is 0 Å². The Hall–Kier alpha value is -2.63. The highest BCUT2D eigenvalue weighted by atomic mass is 16.6. The monoisotopic (exact) mass is 380 g/mol. The average molecular weight is 380 g/mol. The van der Waals surface area contributed by atoms with Crippen LogP contribution in [0.25, 0.3) is 0 Å². The number of aliphatic carboxylic acids is 1. The summed E-state index contributed by atoms with van der Waals surface area (Å²) in [7, 11) is 0. The summed E-state index contributed by atoms with van der Waals surface area (Å²) in [5, 5.41) is 8.68. The maximum atomic E-state index is 10.6. The van der Waals surface area contributed by atoms with Crippen LogP contribution in [0.2, 0.25) is 0 Å². The molecular weight excluding hydrogens is 356 g/mol. The SMILES string of the molecule is O=C(O)C=CCOC12CCC(c3cccc(Oc4ccccc4)c3)(CC1)OC2. The normalized spacial score (nSPS) is 26.4. The van der Waals surface area contributed by atoms with Crippen LogP contribution in [-0.2, 0) is 19.9 Å². The summed E-state index contributed by atoms with van der Waals surface area (Å²) < 4.78 is 18.3. The van der Waals surface area contributed by atoms with Gasteiger partial charge < -0.3 is 19.3 Å². The number of rotatable bonds is 7. The van der Waals surface area contributed by atoms with E-state index in [1.807, 2.05) is 42.5 Å². The number of hydrogen-bond acceptors (Lipinski definition) is 4. The molecule has 2 saturated heterocycles. The highest BCUT2D eigenvalue weighted by molar-refractivity contribution is 5.79. The molecule has 1 saturated carbocycles. The number of fused-ring (bicyclic) bond motifs is 3. The Kier molecular flexibility index (Phi) is 5.20. The van der Waals surface area contributed by atoms with Gasteiger partial charge in [0.25, 0.3) is 0 Å². The van der Waals surface area contributed by atoms with Crippen LogP contribution < -0.4 is 4.74 Å². The minimum atomic E-state index is -0.957. The molecule has 3 aliphatic rings. The molecule has 28 heavy (non-hydrogen) atoms. The molecule has 146 valence electrons. The van der Waals surface area contributed by atoms with Crippen molar-refractivity contribution in [2.75, 3.05) is 13.2 Å². The van der Waals surface area contributed by atoms with Crippen LogP contribution in [0.4, 0.5) is 0 Å². The third-order valence-electron chi connectivity index (χ3n) is 5.67. The molecule has 1 aliphatic carbocycles. The van der Waals surface area contributed by atoms with Gasteiger partial charge in [0.2, 0.25) is 0 Å². The van der Waals surface area contributed by atoms with Gasteiger partial charge in [0.1, 0.15) is 11.5 Å². The molecule has 0 aromatic heterocycles. The maximum absolute atomic E-state index is 10.6. The van der Waals surface area contributed by atoms with Gasteiger partial charge in [-0.1, -0.05) is 36.4 Å². The lowest BCUT2D eigenvalue weighted by Gasteiger charge is -2.52. The van der Waals surface area contributed by atoms with Crippen molar-refractivity contribution < 1.29 is 24.1 Å². The number of benzene rings is 2. The fraction of sp³-hybridized carbons (Fsp3) is 0.348. The Balaban J connectivity index is 1.43. The van der Waals surface area contributed by atoms with Gasteiger partial charge in [-0.25, -0.2) is 4.79 Å². The molecular formula is C23H24O5. The van der Waals surface area contributed by atoms with Crippen molar-refractivity contribution in [1.82, 2.24) is 0 Å². The second kappa shape index (κ2) is 7.78. The van der Waals surface area contributed by atoms with Gasteiger partial charge in [-0.3, -0.25) is 0 Å². The predicted molar refractivity (Wildman–Crippen MR) is 105 cm³/mol. The first-order valence-corrected chi connectivity index (χ1v) is 9.60. The lowest BCUT2D eigenvalue weighted by molar-refractivity contribution is -0.236. The third-order valence-corrected chi connectivity index (χ3v) is 5.67. The molecule has 0 radical (unpaired) electrons. The Bertz CT molecular complexity index is 834. The zero-order chi connectivity index (χ0) is 19.5. The third kappa shape index (κ3) is 3.96. The predicted octanol–water partition coefficient (Wildman–Crippen LogP) is 4.67. The minimum Gasteiger partial charge on any atom is -0.478 e. The van der Waals surface area contributed by atoms with E-state index in [-0.39, 0.29) is 11.2 Å². The topological polar surface area (TPSA) is 65.0 Å². The van der Waals surface area contributed by atoms with Crippen molar-refractivity contribution in [1.29, 1.82) is 0 Å². The zero-order valence-electron chi connectivity index (χ0n) is 15.7. The number of carboxylic acids is 1. The lowest BCUT2D eigenvalue weighted by Crippen LogP contribution is -2.54. The van der Waals surface area contributed by atoms with Crippen molar-refractivity contribution in [3.8, 4) is 11.5 Å². The number of carboxylic acid groups (broad SMARTS) is 1. The first kappa shape index (κ1) is 18.7. The Labute approximate surface area is 164 Å². The second-order valence-corrected chi connectivity index (χ2v) is 7.46. The number of ether oxygens (including phenoxy) is 3. The Morgan fingerprint density at radius 1 is 1.04 bits per heavy atom. The van der Waals surface area contributed by atoms with Crippen molar-refractivity contribution in [3.05, 3.63) is 72.3 Å². The fourth-order valence-corrected chi connectivity index (χ4v) is 4.07. The van der Waals surface area contributed by atoms with Gasteiger partial charge >= 0.3 is 5.97 Å². The van der Waals surface area contributed by atoms with Gasteiger partial charge in [-0.2, -0.15) is 0 Å². The van der Waals surface area contributed by atoms with E-state index in [0.717, 1.165) is 48.8 Å². The van der Waals surface area contributed by atoms with E-state index in [4.69, 9.17) is 19.3 Å². The smallest absolute Gasteiger partial charge is 0.328 e. The summed E-state index contributed by atoms with van der Waals surface area (Å²) in [6.45, 7) is 0.820. The molecule has 0 spiro atoms. The van der Waals surface area contributed by atoms with E-state index in [1.54, 1.807) is 0 Å². The van der Waals surface area contributed by atoms with Crippen LogP contribution in [0.15, 0.2) is 66.7 Å². The molecule has 5 rings (SSSR count). The number of para-hydroxylation sites is 1. The van der Waals surface area contributed by atoms with E-state index in [9.17, 15) is 4.79 Å². The fourth-order valence-electron chi connectivity index (χ4n) is 4.07. The molecule has 0 unspecified atom stereocenters. The van der Waals surface area contributed by atoms with E-state index in [2.05, 4.69) is 12.1 Å². The Morgan fingerprint density at radius 2 is 1.79 bits per heavy atom. The van der Waals surface area contributed by atoms with Gasteiger partial charge in [0.05, 0.1) is 24.4 Å². The van der Waals surface area contributed by atoms with Crippen LogP contribution in [0, 0.1) is 0 Å². The summed E-state index contributed by atoms with van der Waals surface area (Å²) in [6.07, 6.45) is 6.22. The Morgan fingerprint density at radius 3 is 2.46 bits per heavy atom. The van der Waals surface area contributed by atoms with Crippen molar-refractivity contribution in [2.45, 2.75) is 36.9 Å². The molecule has 2 aliphatic heterocycles. The van der Waals surface area contributed by atoms with E-state index in [1.165, 1.54) is 6.08 Å². The molecule has 2 heterocycles. The van der Waals surface area contributed by atoms with Crippen LogP contribution in [0.1, 0.15) is 31.2 Å². The van der Waals surface area contributed by atoms with Gasteiger partial charge in [0.15, 0.2) is 0 Å². The van der Waals surface area contributed by atoms with E-state index in [0.29, 0.717) is 13.2 Å². The standard InChI is InChI=1S/C23H24O5/c24-21(25)10-5-15-26-22-11-13-23(14-12-22,27-17-22)18-6-4-9-20(16-18)28-19-7-2-1-3-8-19/h1-10,16H,11-15,17H2,(H,24,25). The number of carbonyl (C=O) groups is 1. The van der Waals surface area contributed by atoms with Crippen molar-refractivity contribution in [2.24, 2.45) is 0 Å². The van der Waals surface area contributed by atoms with Crippen LogP contribution >= 0.6 is 0 Å². The van der Waals surface area contributed by atoms with E-state index < -0.39 is 5.97 Å². The van der Waals surface area contributed by atoms with Gasteiger partial charge in [-0.15, -0.1) is 0 Å². The first-order chi connectivity index (χ1) is 13.6. The van der Waals surface area contributed by atoms with Gasteiger partial charge in [-0.05, 0) is 55.5 Å². The minimum absolute atomic E-state index is 0.294. The van der Waals surface area contributed by atoms with Crippen LogP contribution in [0.5, 0.6) is 11.5 Å². The molecule has 5 heteroatoms. The van der Waals surface area contributed by atoms with Crippen molar-refractivity contribution >= 4 is 5.97 Å². The lowest BCUT2D eigenvalue weighted by atomic mass is 9.70. The quantitative estimate of drug-likeness (QED) is 0.707. The summed E-state index contributed by atoms with van der Waals surface area (Å²) in [5.74, 6) is 0.660. The largest absolute Gasteiger partial charge is 0.478 e. The molecule has 1 N–H and O–H groups in total. The van der Waals surface area contributed by atoms with Crippen LogP contribution in [0.3, 0.4) is 0 Å². The molecule has 2 aromatic rings. The van der Waals surface area contributed by atoms with Crippen molar-refractivity contribution in [3.63, 3.8) is 0 Å². The molecule has 2 aromatic carbocycles. The summed E-state index contributed by atoms with van der Waals surface area (Å²) in [6, 6.07) is 17.9. The molecule has 5 nitrogen and oxygen atoms in total. The first-order valence-electron chi connectivity index (χ1n) is 9.60. The van der Waals surface area contributed by atoms with Gasteiger partial charge in [0, 0.05) is 6.08 Å². The summed E-state index contributed by atoms with van der Waals surface area (Å²) >= 11 is 0. The average Bonchev–Trinajstić information content (AvgIpc) is 2.74. The molecule has 0 amide bonds.